The fraction of sp³-hybridized carbons (Fsp3) is 0.458. The van der Waals surface area contributed by atoms with E-state index in [1.807, 2.05) is 24.3 Å². The van der Waals surface area contributed by atoms with Crippen molar-refractivity contribution in [1.82, 2.24) is 0 Å². The Kier molecular flexibility index (Phi) is 29.1. The van der Waals surface area contributed by atoms with Crippen molar-refractivity contribution in [2.45, 2.75) is 256 Å². The molecule has 0 bridgehead atoms. The molecule has 0 amide bonds. The summed E-state index contributed by atoms with van der Waals surface area (Å²) in [6.07, 6.45) is 32.4. The third-order valence-electron chi connectivity index (χ3n) is 24.3. The Morgan fingerprint density at radius 2 is 0.481 bits per heavy atom. The lowest BCUT2D eigenvalue weighted by Crippen LogP contribution is -2.16. The summed E-state index contributed by atoms with van der Waals surface area (Å²) in [5, 5.41) is 37.9. The summed E-state index contributed by atoms with van der Waals surface area (Å²) in [5.74, 6) is 2.98. The van der Waals surface area contributed by atoms with Crippen molar-refractivity contribution in [1.29, 1.82) is 21.0 Å². The smallest absolute Gasteiger partial charge is 0.141 e. The van der Waals surface area contributed by atoms with Gasteiger partial charge in [-0.05, 0) is 265 Å². The molecule has 0 aromatic heterocycles. The van der Waals surface area contributed by atoms with Crippen LogP contribution in [-0.2, 0) is 9.47 Å². The first-order valence-electron chi connectivity index (χ1n) is 40.3. The van der Waals surface area contributed by atoms with E-state index in [0.717, 1.165) is 45.9 Å². The van der Waals surface area contributed by atoms with Gasteiger partial charge in [0.15, 0.2) is 0 Å². The van der Waals surface area contributed by atoms with Crippen LogP contribution in [0.5, 0.6) is 0 Å². The number of ether oxygens (including phenoxy) is 2. The Morgan fingerprint density at radius 1 is 0.274 bits per heavy atom. The number of nitriles is 4. The molecule has 6 nitrogen and oxygen atoms in total. The van der Waals surface area contributed by atoms with Gasteiger partial charge >= 0.3 is 0 Å². The van der Waals surface area contributed by atoms with Crippen LogP contribution in [0.2, 0.25) is 0 Å². The predicted molar refractivity (Wildman–Crippen MR) is 417 cm³/mol. The second kappa shape index (κ2) is 39.3. The Morgan fingerprint density at radius 3 is 0.670 bits per heavy atom. The summed E-state index contributed by atoms with van der Waals surface area (Å²) in [7, 11) is 0. The van der Waals surface area contributed by atoms with Gasteiger partial charge in [0, 0.05) is 0 Å². The first-order valence-corrected chi connectivity index (χ1v) is 40.3. The van der Waals surface area contributed by atoms with Gasteiger partial charge in [-0.15, -0.1) is 0 Å². The maximum Gasteiger partial charge on any atom is 0.141 e. The molecule has 0 radical (unpaired) electrons. The maximum atomic E-state index is 15.2. The zero-order valence-electron chi connectivity index (χ0n) is 63.0. The lowest BCUT2D eigenvalue weighted by atomic mass is 9.77. The summed E-state index contributed by atoms with van der Waals surface area (Å²) in [5.41, 5.74) is 10.8. The van der Waals surface area contributed by atoms with E-state index in [4.69, 9.17) is 9.47 Å². The molecule has 0 aliphatic heterocycles. The zero-order chi connectivity index (χ0) is 74.3. The molecule has 4 unspecified atom stereocenters. The van der Waals surface area contributed by atoms with Crippen LogP contribution in [0.1, 0.15) is 345 Å². The third-order valence-corrected chi connectivity index (χ3v) is 24.3. The van der Waals surface area contributed by atoms with Crippen LogP contribution in [0.3, 0.4) is 0 Å². The minimum Gasteiger partial charge on any atom is -0.356 e. The van der Waals surface area contributed by atoms with Crippen LogP contribution in [-0.4, -0.2) is 0 Å². The molecule has 12 rings (SSSR count). The van der Waals surface area contributed by atoms with Crippen LogP contribution >= 0.6 is 0 Å². The van der Waals surface area contributed by atoms with Gasteiger partial charge in [-0.25, -0.2) is 17.6 Å². The first-order chi connectivity index (χ1) is 51.8. The van der Waals surface area contributed by atoms with E-state index < -0.39 is 47.7 Å². The maximum absolute atomic E-state index is 15.2. The molecule has 10 heteroatoms. The molecule has 4 saturated carbocycles. The van der Waals surface area contributed by atoms with Gasteiger partial charge in [0.05, 0.1) is 22.3 Å². The highest BCUT2D eigenvalue weighted by molar-refractivity contribution is 5.45. The molecule has 4 atom stereocenters. The van der Waals surface area contributed by atoms with E-state index in [1.54, 1.807) is 24.3 Å². The van der Waals surface area contributed by atoms with Crippen LogP contribution in [0.25, 0.3) is 0 Å². The van der Waals surface area contributed by atoms with Crippen molar-refractivity contribution in [3.8, 4) is 24.3 Å². The van der Waals surface area contributed by atoms with Gasteiger partial charge in [0.25, 0.3) is 0 Å². The van der Waals surface area contributed by atoms with Gasteiger partial charge in [-0.2, -0.15) is 21.0 Å². The second-order valence-corrected chi connectivity index (χ2v) is 31.3. The van der Waals surface area contributed by atoms with E-state index >= 15 is 17.6 Å². The van der Waals surface area contributed by atoms with Gasteiger partial charge in [0.1, 0.15) is 72.0 Å². The Labute approximate surface area is 630 Å². The van der Waals surface area contributed by atoms with Crippen molar-refractivity contribution in [3.63, 3.8) is 0 Å². The van der Waals surface area contributed by atoms with Gasteiger partial charge in [-0.3, -0.25) is 0 Å². The monoisotopic (exact) mass is 1420 g/mol. The molecule has 8 aromatic carbocycles. The van der Waals surface area contributed by atoms with E-state index in [1.165, 1.54) is 251 Å². The van der Waals surface area contributed by atoms with Crippen molar-refractivity contribution in [2.75, 3.05) is 0 Å². The minimum atomic E-state index is -0.711. The normalized spacial score (nSPS) is 21.3. The highest BCUT2D eigenvalue weighted by Crippen LogP contribution is 2.46. The van der Waals surface area contributed by atoms with Crippen LogP contribution < -0.4 is 0 Å². The Bertz CT molecular complexity index is 3990. The lowest BCUT2D eigenvalue weighted by Gasteiger charge is -2.30. The second-order valence-electron chi connectivity index (χ2n) is 31.3. The Balaban J connectivity index is 0.000000212. The molecule has 0 N–H and O–H groups in total. The number of halogens is 4. The molecule has 4 aliphatic rings. The highest BCUT2D eigenvalue weighted by Gasteiger charge is 2.32. The molecule has 106 heavy (non-hydrogen) atoms. The van der Waals surface area contributed by atoms with Gasteiger partial charge in [-0.1, -0.05) is 226 Å². The molecule has 0 spiro atoms. The number of unbranched alkanes of at least 4 members (excludes halogenated alkanes) is 4. The fourth-order valence-corrected chi connectivity index (χ4v) is 17.9. The number of nitrogens with zero attached hydrogens (tertiary/aromatic N) is 4. The molecule has 4 aliphatic carbocycles. The van der Waals surface area contributed by atoms with Crippen LogP contribution in [0.4, 0.5) is 17.6 Å². The van der Waals surface area contributed by atoms with Crippen molar-refractivity contribution >= 4 is 0 Å². The van der Waals surface area contributed by atoms with Crippen molar-refractivity contribution in [3.05, 3.63) is 282 Å². The largest absolute Gasteiger partial charge is 0.356 e. The molecule has 4 fully saturated rings. The first kappa shape index (κ1) is 78.4. The van der Waals surface area contributed by atoms with Crippen molar-refractivity contribution < 1.29 is 27.0 Å². The van der Waals surface area contributed by atoms with Crippen LogP contribution in [0.15, 0.2) is 170 Å². The number of benzene rings is 8. The predicted octanol–water partition coefficient (Wildman–Crippen LogP) is 27.1. The van der Waals surface area contributed by atoms with E-state index in [0.29, 0.717) is 45.9 Å². The SMILES string of the molecule is CCCCC[C@H]1CC[C@H](c2ccc(C(OC(c3ccc([C@H]4CC[C@H](CCCCC)CC4)cc3)c3ccc(C#N)c(F)c3)c3ccc(C#N)c(F)c3)cc2)CC1.CCC[C@H]1CC[C@H](c2ccc(C(OC(c3ccc([C@H]4CC[C@H](CCC)CC4)cc3)c3ccc(C#N)c(F)c3)c3ccc(C#N)c(F)c3)cc2)CC1. The summed E-state index contributed by atoms with van der Waals surface area (Å²) in [4.78, 5) is 0. The molecule has 0 saturated heterocycles. The van der Waals surface area contributed by atoms with Crippen LogP contribution in [0, 0.1) is 92.3 Å². The number of rotatable bonds is 28. The molecule has 0 heterocycles. The van der Waals surface area contributed by atoms with E-state index in [2.05, 4.69) is 125 Å². The van der Waals surface area contributed by atoms with Gasteiger partial charge < -0.3 is 9.47 Å². The average molecular weight is 1430 g/mol. The van der Waals surface area contributed by atoms with Crippen molar-refractivity contribution in [2.24, 2.45) is 23.7 Å². The average Bonchev–Trinajstić information content (AvgIpc) is 0.794. The summed E-state index contributed by atoms with van der Waals surface area (Å²) < 4.78 is 74.9. The third kappa shape index (κ3) is 20.5. The number of hydrogen-bond acceptors (Lipinski definition) is 6. The standard InChI is InChI=1S/C50H58F2N2O.C46H50F2N2O/c1-3-5-7-9-35-11-15-37(16-12-35)39-19-23-41(24-20-39)49(43-27-29-45(33-53)47(51)31-43)55-50(44-28-30-46(34-54)48(52)32-44)42-25-21-40(22-26-42)38-17-13-36(14-18-38)10-8-6-4-2;1-3-5-31-7-11-33(12-8-31)35-15-19-37(20-16-35)45(39-23-25-41(29-49)43(47)27-39)51-46(40-24-26-42(30-50)44(48)28-40)38-21-17-36(18-22-38)34-13-9-32(6-4-2)10-14-34/h19-32,35-38,49-50H,3-18H2,1-2H3;15-28,31-34,45-46H,3-14H2,1-2H3/t35-,36-,37-,38-,49?,50?;31-,32-,33-,34-,45?,46?. The minimum absolute atomic E-state index is 0.0283. The number of hydrogen-bond donors (Lipinski definition) is 0. The van der Waals surface area contributed by atoms with E-state index in [-0.39, 0.29) is 22.3 Å². The molecule has 552 valence electrons. The topological polar surface area (TPSA) is 114 Å². The molecular formula is C96H108F4N4O2. The Hall–Kier alpha value is -8.64. The fourth-order valence-electron chi connectivity index (χ4n) is 17.9. The summed E-state index contributed by atoms with van der Waals surface area (Å²) >= 11 is 0. The quantitative estimate of drug-likeness (QED) is 0.0356. The molecular weight excluding hydrogens is 1320 g/mol. The summed E-state index contributed by atoms with van der Waals surface area (Å²) in [6, 6.07) is 60.3. The summed E-state index contributed by atoms with van der Waals surface area (Å²) in [6.45, 7) is 9.05. The van der Waals surface area contributed by atoms with Gasteiger partial charge in [0.2, 0.25) is 0 Å². The molecule has 8 aromatic rings. The lowest BCUT2D eigenvalue weighted by molar-refractivity contribution is 0.0304. The zero-order valence-corrected chi connectivity index (χ0v) is 63.0. The van der Waals surface area contributed by atoms with E-state index in [9.17, 15) is 21.0 Å². The highest BCUT2D eigenvalue weighted by atomic mass is 19.1.